The zero-order chi connectivity index (χ0) is 13.6. The van der Waals surface area contributed by atoms with Gasteiger partial charge in [-0.2, -0.15) is 0 Å². The van der Waals surface area contributed by atoms with Crippen molar-refractivity contribution >= 4 is 29.3 Å². The van der Waals surface area contributed by atoms with E-state index >= 15 is 0 Å². The van der Waals surface area contributed by atoms with Crippen molar-refractivity contribution in [1.29, 1.82) is 0 Å². The van der Waals surface area contributed by atoms with Gasteiger partial charge in [0.1, 0.15) is 0 Å². The lowest BCUT2D eigenvalue weighted by Gasteiger charge is -2.17. The molecular formula is C13H18ClNO2S. The molecule has 1 amide bonds. The summed E-state index contributed by atoms with van der Waals surface area (Å²) in [6.07, 6.45) is 0.409. The van der Waals surface area contributed by atoms with Crippen LogP contribution in [0.2, 0.25) is 5.02 Å². The van der Waals surface area contributed by atoms with Crippen LogP contribution in [0.3, 0.4) is 0 Å². The molecule has 0 bridgehead atoms. The number of halogens is 1. The third-order valence-corrected chi connectivity index (χ3v) is 3.66. The summed E-state index contributed by atoms with van der Waals surface area (Å²) in [6, 6.07) is 7.56. The molecule has 0 saturated heterocycles. The van der Waals surface area contributed by atoms with Crippen molar-refractivity contribution in [1.82, 2.24) is 5.32 Å². The van der Waals surface area contributed by atoms with Crippen LogP contribution in [0, 0.1) is 0 Å². The van der Waals surface area contributed by atoms with Crippen molar-refractivity contribution < 1.29 is 9.90 Å². The molecule has 0 atom stereocenters. The Morgan fingerprint density at radius 1 is 1.44 bits per heavy atom. The van der Waals surface area contributed by atoms with Crippen LogP contribution in [0.25, 0.3) is 0 Å². The minimum absolute atomic E-state index is 0.0586. The summed E-state index contributed by atoms with van der Waals surface area (Å²) in [6.45, 7) is 3.58. The van der Waals surface area contributed by atoms with Gasteiger partial charge in [-0.3, -0.25) is 4.79 Å². The molecular weight excluding hydrogens is 270 g/mol. The average Bonchev–Trinajstić information content (AvgIpc) is 2.28. The zero-order valence-electron chi connectivity index (χ0n) is 10.6. The molecule has 0 fully saturated rings. The molecule has 3 nitrogen and oxygen atoms in total. The second-order valence-electron chi connectivity index (χ2n) is 4.62. The lowest BCUT2D eigenvalue weighted by atomic mass is 10.1. The molecule has 0 aromatic heterocycles. The fourth-order valence-electron chi connectivity index (χ4n) is 1.22. The van der Waals surface area contributed by atoms with E-state index in [9.17, 15) is 9.90 Å². The van der Waals surface area contributed by atoms with Gasteiger partial charge in [-0.25, -0.2) is 0 Å². The fourth-order valence-corrected chi connectivity index (χ4v) is 2.41. The number of aliphatic hydroxyl groups is 1. The predicted molar refractivity (Wildman–Crippen MR) is 76.1 cm³/mol. The van der Waals surface area contributed by atoms with Gasteiger partial charge in [0, 0.05) is 23.6 Å². The van der Waals surface area contributed by atoms with E-state index in [1.54, 1.807) is 25.6 Å². The highest BCUT2D eigenvalue weighted by atomic mass is 35.5. The van der Waals surface area contributed by atoms with Gasteiger partial charge in [0.15, 0.2) is 0 Å². The molecule has 0 aliphatic heterocycles. The number of hydrogen-bond donors (Lipinski definition) is 2. The molecule has 1 aromatic carbocycles. The summed E-state index contributed by atoms with van der Waals surface area (Å²) in [5, 5.41) is 12.9. The first-order valence-electron chi connectivity index (χ1n) is 5.75. The molecule has 0 unspecified atom stereocenters. The first-order chi connectivity index (χ1) is 8.38. The highest BCUT2D eigenvalue weighted by Gasteiger charge is 2.13. The molecule has 0 radical (unpaired) electrons. The van der Waals surface area contributed by atoms with Crippen LogP contribution in [-0.2, 0) is 4.79 Å². The molecule has 100 valence electrons. The van der Waals surface area contributed by atoms with Gasteiger partial charge in [-0.15, -0.1) is 11.8 Å². The Bertz CT molecular complexity index is 404. The first-order valence-corrected chi connectivity index (χ1v) is 7.11. The van der Waals surface area contributed by atoms with Crippen molar-refractivity contribution in [3.05, 3.63) is 29.3 Å². The van der Waals surface area contributed by atoms with Gasteiger partial charge in [-0.05, 0) is 26.0 Å². The maximum Gasteiger partial charge on any atom is 0.220 e. The van der Waals surface area contributed by atoms with Gasteiger partial charge in [0.05, 0.1) is 10.6 Å². The lowest BCUT2D eigenvalue weighted by Crippen LogP contribution is -2.38. The number of hydrogen-bond acceptors (Lipinski definition) is 3. The topological polar surface area (TPSA) is 49.3 Å². The van der Waals surface area contributed by atoms with Crippen molar-refractivity contribution in [3.63, 3.8) is 0 Å². The molecule has 0 heterocycles. The zero-order valence-corrected chi connectivity index (χ0v) is 12.1. The standard InChI is InChI=1S/C13H18ClNO2S/c1-13(2,17)9-15-12(16)7-8-18-11-6-4-3-5-10(11)14/h3-6,17H,7-9H2,1-2H3,(H,15,16). The summed E-state index contributed by atoms with van der Waals surface area (Å²) < 4.78 is 0. The van der Waals surface area contributed by atoms with Gasteiger partial charge in [0.2, 0.25) is 5.91 Å². The summed E-state index contributed by atoms with van der Waals surface area (Å²) in [5.74, 6) is 0.609. The number of rotatable bonds is 6. The third-order valence-electron chi connectivity index (χ3n) is 2.14. The SMILES string of the molecule is CC(C)(O)CNC(=O)CCSc1ccccc1Cl. The van der Waals surface area contributed by atoms with Gasteiger partial charge in [0.25, 0.3) is 0 Å². The summed E-state index contributed by atoms with van der Waals surface area (Å²) in [5.41, 5.74) is -0.870. The highest BCUT2D eigenvalue weighted by Crippen LogP contribution is 2.26. The number of nitrogens with one attached hydrogen (secondary N) is 1. The number of carbonyl (C=O) groups excluding carboxylic acids is 1. The van der Waals surface area contributed by atoms with Crippen LogP contribution in [-0.4, -0.2) is 28.9 Å². The predicted octanol–water partition coefficient (Wildman–Crippen LogP) is 2.71. The van der Waals surface area contributed by atoms with E-state index in [1.165, 1.54) is 0 Å². The van der Waals surface area contributed by atoms with Crippen molar-refractivity contribution in [2.24, 2.45) is 0 Å². The Balaban J connectivity index is 2.26. The van der Waals surface area contributed by atoms with Crippen LogP contribution in [0.15, 0.2) is 29.2 Å². The Kier molecular flexibility index (Phi) is 5.99. The molecule has 5 heteroatoms. The van der Waals surface area contributed by atoms with Crippen molar-refractivity contribution in [3.8, 4) is 0 Å². The average molecular weight is 288 g/mol. The van der Waals surface area contributed by atoms with Crippen LogP contribution < -0.4 is 5.32 Å². The van der Waals surface area contributed by atoms with E-state index in [1.807, 2.05) is 24.3 Å². The molecule has 0 aliphatic carbocycles. The van der Waals surface area contributed by atoms with Crippen LogP contribution in [0.4, 0.5) is 0 Å². The number of amides is 1. The van der Waals surface area contributed by atoms with E-state index in [-0.39, 0.29) is 12.5 Å². The molecule has 1 aromatic rings. The van der Waals surface area contributed by atoms with E-state index in [2.05, 4.69) is 5.32 Å². The van der Waals surface area contributed by atoms with Crippen LogP contribution in [0.5, 0.6) is 0 Å². The Hall–Kier alpha value is -0.710. The number of thioether (sulfide) groups is 1. The number of benzene rings is 1. The maximum absolute atomic E-state index is 11.5. The van der Waals surface area contributed by atoms with Crippen molar-refractivity contribution in [2.45, 2.75) is 30.8 Å². The summed E-state index contributed by atoms with van der Waals surface area (Å²) in [7, 11) is 0. The maximum atomic E-state index is 11.5. The van der Waals surface area contributed by atoms with E-state index in [0.717, 1.165) is 4.90 Å². The minimum Gasteiger partial charge on any atom is -0.389 e. The van der Waals surface area contributed by atoms with Gasteiger partial charge >= 0.3 is 0 Å². The second kappa shape index (κ2) is 7.02. The van der Waals surface area contributed by atoms with Crippen molar-refractivity contribution in [2.75, 3.05) is 12.3 Å². The van der Waals surface area contributed by atoms with Crippen LogP contribution in [0.1, 0.15) is 20.3 Å². The first kappa shape index (κ1) is 15.3. The molecule has 0 spiro atoms. The van der Waals surface area contributed by atoms with Crippen LogP contribution >= 0.6 is 23.4 Å². The Morgan fingerprint density at radius 3 is 2.72 bits per heavy atom. The third kappa shape index (κ3) is 6.28. The molecule has 18 heavy (non-hydrogen) atoms. The van der Waals surface area contributed by atoms with Gasteiger partial charge < -0.3 is 10.4 Å². The summed E-state index contributed by atoms with van der Waals surface area (Å²) >= 11 is 7.56. The lowest BCUT2D eigenvalue weighted by molar-refractivity contribution is -0.121. The molecule has 1 rings (SSSR count). The molecule has 2 N–H and O–H groups in total. The normalized spacial score (nSPS) is 11.3. The van der Waals surface area contributed by atoms with E-state index in [0.29, 0.717) is 17.2 Å². The second-order valence-corrected chi connectivity index (χ2v) is 6.16. The number of carbonyl (C=O) groups is 1. The Labute approximate surface area is 117 Å². The summed E-state index contributed by atoms with van der Waals surface area (Å²) in [4.78, 5) is 12.5. The highest BCUT2D eigenvalue weighted by molar-refractivity contribution is 7.99. The smallest absolute Gasteiger partial charge is 0.220 e. The quantitative estimate of drug-likeness (QED) is 0.791. The molecule has 0 saturated carbocycles. The Morgan fingerprint density at radius 2 is 2.11 bits per heavy atom. The minimum atomic E-state index is -0.870. The van der Waals surface area contributed by atoms with E-state index < -0.39 is 5.60 Å². The largest absolute Gasteiger partial charge is 0.389 e. The fraction of sp³-hybridized carbons (Fsp3) is 0.462. The monoisotopic (exact) mass is 287 g/mol. The van der Waals surface area contributed by atoms with Gasteiger partial charge in [-0.1, -0.05) is 23.7 Å². The van der Waals surface area contributed by atoms with E-state index in [4.69, 9.17) is 11.6 Å². The molecule has 0 aliphatic rings.